The molecule has 0 fully saturated rings. The fourth-order valence-corrected chi connectivity index (χ4v) is 2.95. The van der Waals surface area contributed by atoms with Gasteiger partial charge in [-0.2, -0.15) is 0 Å². The van der Waals surface area contributed by atoms with E-state index in [1.165, 1.54) is 0 Å². The van der Waals surface area contributed by atoms with Crippen LogP contribution in [0.25, 0.3) is 33.8 Å². The van der Waals surface area contributed by atoms with Crippen molar-refractivity contribution in [1.29, 1.82) is 0 Å². The second-order valence-corrected chi connectivity index (χ2v) is 7.09. The molecule has 2 aromatic heterocycles. The van der Waals surface area contributed by atoms with E-state index < -0.39 is 0 Å². The lowest BCUT2D eigenvalue weighted by atomic mass is 9.98. The van der Waals surface area contributed by atoms with Crippen LogP contribution in [0.15, 0.2) is 66.4 Å². The molecule has 28 heavy (non-hydrogen) atoms. The third-order valence-electron chi connectivity index (χ3n) is 4.56. The summed E-state index contributed by atoms with van der Waals surface area (Å²) in [6.45, 7) is 9.01. The minimum absolute atomic E-state index is 0.622. The molecule has 0 aliphatic carbocycles. The molecule has 2 heterocycles. The molecule has 4 heteroatoms. The summed E-state index contributed by atoms with van der Waals surface area (Å²) in [5, 5.41) is 1.09. The van der Waals surface area contributed by atoms with Crippen molar-refractivity contribution in [2.24, 2.45) is 16.6 Å². The third-order valence-corrected chi connectivity index (χ3v) is 4.56. The van der Waals surface area contributed by atoms with Crippen molar-refractivity contribution in [3.05, 3.63) is 72.7 Å². The van der Waals surface area contributed by atoms with E-state index in [2.05, 4.69) is 48.6 Å². The van der Waals surface area contributed by atoms with E-state index in [9.17, 15) is 0 Å². The number of allylic oxidation sites excluding steroid dienone is 1. The summed E-state index contributed by atoms with van der Waals surface area (Å²) in [5.41, 5.74) is 11.3. The quantitative estimate of drug-likeness (QED) is 0.570. The first kappa shape index (κ1) is 19.5. The highest BCUT2D eigenvalue weighted by Gasteiger charge is 2.12. The lowest BCUT2D eigenvalue weighted by molar-refractivity contribution is 0.598. The molecule has 0 bridgehead atoms. The lowest BCUT2D eigenvalue weighted by Gasteiger charge is -2.11. The standard InChI is InChI=1S/C24H26N4/c1-4-21-9-10-22(20(15-25)16-26-13-11-17(2)3)24(28-21)19-8-7-18-6-5-12-27-23(18)14-19/h4-10,12,14-17H,1,11,13,25H2,2-3H3/b20-15+,26-16?. The minimum atomic E-state index is 0.622. The van der Waals surface area contributed by atoms with Crippen molar-refractivity contribution in [2.45, 2.75) is 20.3 Å². The summed E-state index contributed by atoms with van der Waals surface area (Å²) in [5.74, 6) is 0.622. The molecular weight excluding hydrogens is 344 g/mol. The monoisotopic (exact) mass is 370 g/mol. The van der Waals surface area contributed by atoms with Gasteiger partial charge in [-0.15, -0.1) is 0 Å². The largest absolute Gasteiger partial charge is 0.404 e. The Morgan fingerprint density at radius 2 is 2.07 bits per heavy atom. The van der Waals surface area contributed by atoms with Crippen molar-refractivity contribution in [2.75, 3.05) is 6.54 Å². The van der Waals surface area contributed by atoms with E-state index in [1.807, 2.05) is 30.5 Å². The third kappa shape index (κ3) is 4.52. The van der Waals surface area contributed by atoms with Crippen LogP contribution in [-0.2, 0) is 0 Å². The first-order chi connectivity index (χ1) is 13.6. The number of pyridine rings is 2. The average Bonchev–Trinajstić information content (AvgIpc) is 2.73. The summed E-state index contributed by atoms with van der Waals surface area (Å²) in [7, 11) is 0. The van der Waals surface area contributed by atoms with Crippen LogP contribution in [-0.4, -0.2) is 22.7 Å². The number of rotatable bonds is 7. The van der Waals surface area contributed by atoms with Gasteiger partial charge >= 0.3 is 0 Å². The van der Waals surface area contributed by atoms with Gasteiger partial charge in [0.05, 0.1) is 16.9 Å². The number of aliphatic imine (C=N–C) groups is 1. The number of hydrogen-bond donors (Lipinski definition) is 1. The normalized spacial score (nSPS) is 12.2. The molecule has 3 rings (SSSR count). The Kier molecular flexibility index (Phi) is 6.33. The van der Waals surface area contributed by atoms with E-state index in [1.54, 1.807) is 18.5 Å². The average molecular weight is 371 g/mol. The number of hydrogen-bond acceptors (Lipinski definition) is 4. The van der Waals surface area contributed by atoms with Gasteiger partial charge in [-0.1, -0.05) is 38.6 Å². The molecule has 0 aliphatic rings. The van der Waals surface area contributed by atoms with E-state index in [0.29, 0.717) is 5.92 Å². The molecular formula is C24H26N4. The van der Waals surface area contributed by atoms with E-state index in [4.69, 9.17) is 10.7 Å². The lowest BCUT2D eigenvalue weighted by Crippen LogP contribution is -1.99. The molecule has 0 saturated carbocycles. The highest BCUT2D eigenvalue weighted by Crippen LogP contribution is 2.29. The van der Waals surface area contributed by atoms with Gasteiger partial charge in [0.1, 0.15) is 0 Å². The van der Waals surface area contributed by atoms with E-state index in [0.717, 1.165) is 52.0 Å². The number of benzene rings is 1. The molecule has 0 amide bonds. The summed E-state index contributed by atoms with van der Waals surface area (Å²) >= 11 is 0. The van der Waals surface area contributed by atoms with Crippen LogP contribution in [0, 0.1) is 5.92 Å². The summed E-state index contributed by atoms with van der Waals surface area (Å²) in [6.07, 6.45) is 8.02. The van der Waals surface area contributed by atoms with Crippen molar-refractivity contribution < 1.29 is 0 Å². The van der Waals surface area contributed by atoms with E-state index >= 15 is 0 Å². The van der Waals surface area contributed by atoms with Crippen LogP contribution in [0.1, 0.15) is 31.5 Å². The van der Waals surface area contributed by atoms with Gasteiger partial charge in [-0.05, 0) is 42.7 Å². The van der Waals surface area contributed by atoms with Crippen molar-refractivity contribution in [3.8, 4) is 11.3 Å². The van der Waals surface area contributed by atoms with Crippen molar-refractivity contribution >= 4 is 28.8 Å². The predicted molar refractivity (Wildman–Crippen MR) is 120 cm³/mol. The van der Waals surface area contributed by atoms with Crippen LogP contribution >= 0.6 is 0 Å². The van der Waals surface area contributed by atoms with Gasteiger partial charge in [0, 0.05) is 47.2 Å². The highest BCUT2D eigenvalue weighted by molar-refractivity contribution is 6.12. The van der Waals surface area contributed by atoms with Gasteiger partial charge in [0.25, 0.3) is 0 Å². The first-order valence-corrected chi connectivity index (χ1v) is 9.53. The molecule has 0 radical (unpaired) electrons. The number of nitrogens with two attached hydrogens (primary N) is 1. The summed E-state index contributed by atoms with van der Waals surface area (Å²) < 4.78 is 0. The molecule has 2 N–H and O–H groups in total. The number of nitrogens with zero attached hydrogens (tertiary/aromatic N) is 3. The Morgan fingerprint density at radius 3 is 2.82 bits per heavy atom. The van der Waals surface area contributed by atoms with Crippen molar-refractivity contribution in [3.63, 3.8) is 0 Å². The molecule has 0 unspecified atom stereocenters. The number of fused-ring (bicyclic) bond motifs is 1. The van der Waals surface area contributed by atoms with Crippen LogP contribution in [0.5, 0.6) is 0 Å². The Labute approximate surface area is 166 Å². The van der Waals surface area contributed by atoms with Crippen LogP contribution in [0.3, 0.4) is 0 Å². The molecule has 142 valence electrons. The second-order valence-electron chi connectivity index (χ2n) is 7.09. The minimum Gasteiger partial charge on any atom is -0.404 e. The molecule has 0 aliphatic heterocycles. The zero-order valence-electron chi connectivity index (χ0n) is 16.5. The van der Waals surface area contributed by atoms with Gasteiger partial charge < -0.3 is 5.73 Å². The van der Waals surface area contributed by atoms with Crippen molar-refractivity contribution in [1.82, 2.24) is 9.97 Å². The Hall–Kier alpha value is -3.27. The second kappa shape index (κ2) is 9.09. The Balaban J connectivity index is 2.05. The topological polar surface area (TPSA) is 64.2 Å². The smallest absolute Gasteiger partial charge is 0.0789 e. The fourth-order valence-electron chi connectivity index (χ4n) is 2.95. The molecule has 1 aromatic carbocycles. The van der Waals surface area contributed by atoms with Gasteiger partial charge in [0.2, 0.25) is 0 Å². The molecule has 3 aromatic rings. The van der Waals surface area contributed by atoms with Crippen LogP contribution in [0.2, 0.25) is 0 Å². The SMILES string of the molecule is C=Cc1ccc(/C(C=NCCC(C)C)=C/N)c(-c2ccc3cccnc3c2)n1. The van der Waals surface area contributed by atoms with Gasteiger partial charge in [-0.3, -0.25) is 9.98 Å². The Bertz CT molecular complexity index is 1030. The Morgan fingerprint density at radius 1 is 1.21 bits per heavy atom. The zero-order valence-corrected chi connectivity index (χ0v) is 16.5. The van der Waals surface area contributed by atoms with Gasteiger partial charge in [0.15, 0.2) is 0 Å². The summed E-state index contributed by atoms with van der Waals surface area (Å²) in [4.78, 5) is 13.8. The fraction of sp³-hybridized carbons (Fsp3) is 0.208. The predicted octanol–water partition coefficient (Wildman–Crippen LogP) is 5.36. The molecule has 0 spiro atoms. The highest BCUT2D eigenvalue weighted by atomic mass is 14.7. The maximum atomic E-state index is 5.94. The molecule has 4 nitrogen and oxygen atoms in total. The van der Waals surface area contributed by atoms with Crippen LogP contribution in [0.4, 0.5) is 0 Å². The molecule has 0 saturated heterocycles. The van der Waals surface area contributed by atoms with Crippen LogP contribution < -0.4 is 5.73 Å². The maximum absolute atomic E-state index is 5.94. The first-order valence-electron chi connectivity index (χ1n) is 9.53. The number of aromatic nitrogens is 2. The van der Waals surface area contributed by atoms with Gasteiger partial charge in [-0.25, -0.2) is 4.98 Å². The summed E-state index contributed by atoms with van der Waals surface area (Å²) in [6, 6.07) is 14.1. The zero-order chi connectivity index (χ0) is 19.9. The maximum Gasteiger partial charge on any atom is 0.0789 e. The molecule has 0 atom stereocenters. The van der Waals surface area contributed by atoms with E-state index in [-0.39, 0.29) is 0 Å².